The number of likely N-dealkylation sites (N-methyl/N-ethyl adjacent to an activating group) is 1. The Morgan fingerprint density at radius 1 is 1.30 bits per heavy atom. The van der Waals surface area contributed by atoms with Crippen LogP contribution in [-0.4, -0.2) is 43.6 Å². The molecule has 0 aromatic heterocycles. The Morgan fingerprint density at radius 3 is 2.61 bits per heavy atom. The molecule has 8 heteroatoms. The number of amides is 1. The summed E-state index contributed by atoms with van der Waals surface area (Å²) < 4.78 is 0. The Hall–Kier alpha value is -1.86. The van der Waals surface area contributed by atoms with Crippen molar-refractivity contribution in [1.82, 2.24) is 10.6 Å². The van der Waals surface area contributed by atoms with Gasteiger partial charge in [-0.3, -0.25) is 14.9 Å². The standard InChI is InChI=1S/C15H22N4O3.ClH/c1-2-16-7-8-17-15(20)12-5-6-13(14(11-12)19(21)22)18-9-3-4-10-18;/h5-6,11,16H,2-4,7-10H2,1H3,(H,17,20);1H. The van der Waals surface area contributed by atoms with Crippen LogP contribution >= 0.6 is 12.4 Å². The maximum Gasteiger partial charge on any atom is 0.293 e. The van der Waals surface area contributed by atoms with Crippen LogP contribution in [0.2, 0.25) is 0 Å². The molecule has 0 radical (unpaired) electrons. The summed E-state index contributed by atoms with van der Waals surface area (Å²) in [5, 5.41) is 17.1. The summed E-state index contributed by atoms with van der Waals surface area (Å²) in [6, 6.07) is 4.71. The number of benzene rings is 1. The van der Waals surface area contributed by atoms with E-state index in [-0.39, 0.29) is 24.0 Å². The first-order valence-electron chi connectivity index (χ1n) is 7.65. The van der Waals surface area contributed by atoms with Gasteiger partial charge in [-0.25, -0.2) is 0 Å². The number of carbonyl (C=O) groups excluding carboxylic acids is 1. The predicted octanol–water partition coefficient (Wildman–Crippen LogP) is 1.96. The van der Waals surface area contributed by atoms with Crippen molar-refractivity contribution < 1.29 is 9.72 Å². The molecule has 0 saturated carbocycles. The van der Waals surface area contributed by atoms with Crippen molar-refractivity contribution in [1.29, 1.82) is 0 Å². The third kappa shape index (κ3) is 5.07. The van der Waals surface area contributed by atoms with Crippen LogP contribution < -0.4 is 15.5 Å². The molecule has 2 rings (SSSR count). The fourth-order valence-corrected chi connectivity index (χ4v) is 2.58. The van der Waals surface area contributed by atoms with Crippen LogP contribution in [0.25, 0.3) is 0 Å². The molecular formula is C15H23ClN4O3. The molecule has 1 amide bonds. The monoisotopic (exact) mass is 342 g/mol. The van der Waals surface area contributed by atoms with Gasteiger partial charge in [-0.1, -0.05) is 6.92 Å². The highest BCUT2D eigenvalue weighted by Gasteiger charge is 2.23. The number of rotatable bonds is 7. The van der Waals surface area contributed by atoms with Crippen molar-refractivity contribution in [3.8, 4) is 0 Å². The maximum absolute atomic E-state index is 12.0. The van der Waals surface area contributed by atoms with Gasteiger partial charge >= 0.3 is 0 Å². The summed E-state index contributed by atoms with van der Waals surface area (Å²) >= 11 is 0. The van der Waals surface area contributed by atoms with Crippen molar-refractivity contribution in [2.24, 2.45) is 0 Å². The van der Waals surface area contributed by atoms with E-state index < -0.39 is 4.92 Å². The van der Waals surface area contributed by atoms with Gasteiger partial charge in [0.25, 0.3) is 11.6 Å². The zero-order chi connectivity index (χ0) is 15.9. The van der Waals surface area contributed by atoms with E-state index in [4.69, 9.17) is 0 Å². The van der Waals surface area contributed by atoms with Gasteiger partial charge in [-0.15, -0.1) is 12.4 Å². The number of nitro benzene ring substituents is 1. The smallest absolute Gasteiger partial charge is 0.293 e. The Bertz CT molecular complexity index is 548. The number of halogens is 1. The first kappa shape index (κ1) is 19.2. The number of nitro groups is 1. The second-order valence-corrected chi connectivity index (χ2v) is 5.26. The lowest BCUT2D eigenvalue weighted by Crippen LogP contribution is -2.31. The second-order valence-electron chi connectivity index (χ2n) is 5.26. The van der Waals surface area contributed by atoms with E-state index in [0.717, 1.165) is 32.5 Å². The summed E-state index contributed by atoms with van der Waals surface area (Å²) in [6.07, 6.45) is 2.09. The maximum atomic E-state index is 12.0. The fraction of sp³-hybridized carbons (Fsp3) is 0.533. The van der Waals surface area contributed by atoms with Crippen LogP contribution in [0, 0.1) is 10.1 Å². The van der Waals surface area contributed by atoms with Crippen molar-refractivity contribution >= 4 is 29.7 Å². The van der Waals surface area contributed by atoms with Crippen molar-refractivity contribution in [3.63, 3.8) is 0 Å². The van der Waals surface area contributed by atoms with Gasteiger partial charge in [0, 0.05) is 37.8 Å². The molecule has 1 heterocycles. The van der Waals surface area contributed by atoms with Crippen LogP contribution in [0.4, 0.5) is 11.4 Å². The lowest BCUT2D eigenvalue weighted by molar-refractivity contribution is -0.384. The van der Waals surface area contributed by atoms with E-state index in [2.05, 4.69) is 10.6 Å². The Morgan fingerprint density at radius 2 is 2.00 bits per heavy atom. The van der Waals surface area contributed by atoms with E-state index >= 15 is 0 Å². The lowest BCUT2D eigenvalue weighted by Gasteiger charge is -2.17. The van der Waals surface area contributed by atoms with Gasteiger partial charge in [-0.2, -0.15) is 0 Å². The molecular weight excluding hydrogens is 320 g/mol. The predicted molar refractivity (Wildman–Crippen MR) is 92.7 cm³/mol. The summed E-state index contributed by atoms with van der Waals surface area (Å²) in [7, 11) is 0. The Kier molecular flexibility index (Phi) is 7.77. The van der Waals surface area contributed by atoms with Crippen molar-refractivity contribution in [2.75, 3.05) is 37.6 Å². The molecule has 0 unspecified atom stereocenters. The fourth-order valence-electron chi connectivity index (χ4n) is 2.58. The topological polar surface area (TPSA) is 87.5 Å². The van der Waals surface area contributed by atoms with E-state index in [1.807, 2.05) is 11.8 Å². The zero-order valence-electron chi connectivity index (χ0n) is 13.2. The van der Waals surface area contributed by atoms with E-state index in [1.54, 1.807) is 12.1 Å². The minimum Gasteiger partial charge on any atom is -0.366 e. The third-order valence-electron chi connectivity index (χ3n) is 3.72. The number of nitrogens with one attached hydrogen (secondary N) is 2. The first-order valence-corrected chi connectivity index (χ1v) is 7.65. The van der Waals surface area contributed by atoms with Gasteiger partial charge in [0.1, 0.15) is 5.69 Å². The molecule has 1 aliphatic rings. The van der Waals surface area contributed by atoms with E-state index in [9.17, 15) is 14.9 Å². The molecule has 1 aliphatic heterocycles. The zero-order valence-corrected chi connectivity index (χ0v) is 14.0. The number of carbonyl (C=O) groups is 1. The Labute approximate surface area is 142 Å². The molecule has 128 valence electrons. The number of nitrogens with zero attached hydrogens (tertiary/aromatic N) is 2. The SMILES string of the molecule is CCNCCNC(=O)c1ccc(N2CCCC2)c([N+](=O)[O-])c1.Cl. The van der Waals surface area contributed by atoms with Crippen molar-refractivity contribution in [2.45, 2.75) is 19.8 Å². The van der Waals surface area contributed by atoms with Gasteiger partial charge in [0.2, 0.25) is 0 Å². The molecule has 7 nitrogen and oxygen atoms in total. The van der Waals surface area contributed by atoms with E-state index in [1.165, 1.54) is 6.07 Å². The molecule has 0 spiro atoms. The van der Waals surface area contributed by atoms with Gasteiger partial charge in [-0.05, 0) is 31.5 Å². The van der Waals surface area contributed by atoms with E-state index in [0.29, 0.717) is 24.3 Å². The Balaban J connectivity index is 0.00000264. The minimum absolute atomic E-state index is 0. The molecule has 0 aliphatic carbocycles. The highest BCUT2D eigenvalue weighted by molar-refractivity contribution is 5.95. The van der Waals surface area contributed by atoms with Crippen LogP contribution in [0.1, 0.15) is 30.1 Å². The summed E-state index contributed by atoms with van der Waals surface area (Å²) in [4.78, 5) is 24.9. The summed E-state index contributed by atoms with van der Waals surface area (Å²) in [5.41, 5.74) is 0.930. The average Bonchev–Trinajstić information content (AvgIpc) is 3.05. The second kappa shape index (κ2) is 9.32. The molecule has 23 heavy (non-hydrogen) atoms. The van der Waals surface area contributed by atoms with Gasteiger partial charge in [0.05, 0.1) is 4.92 Å². The number of hydrogen-bond acceptors (Lipinski definition) is 5. The summed E-state index contributed by atoms with van der Waals surface area (Å²) in [6.45, 7) is 5.66. The largest absolute Gasteiger partial charge is 0.366 e. The molecule has 0 atom stereocenters. The molecule has 1 saturated heterocycles. The van der Waals surface area contributed by atoms with Crippen LogP contribution in [0.3, 0.4) is 0 Å². The quantitative estimate of drug-likeness (QED) is 0.449. The first-order chi connectivity index (χ1) is 10.6. The highest BCUT2D eigenvalue weighted by atomic mass is 35.5. The molecule has 0 bridgehead atoms. The van der Waals surface area contributed by atoms with Gasteiger partial charge < -0.3 is 15.5 Å². The molecule has 1 aromatic carbocycles. The lowest BCUT2D eigenvalue weighted by atomic mass is 10.1. The third-order valence-corrected chi connectivity index (χ3v) is 3.72. The molecule has 1 fully saturated rings. The highest BCUT2D eigenvalue weighted by Crippen LogP contribution is 2.31. The summed E-state index contributed by atoms with van der Waals surface area (Å²) in [5.74, 6) is -0.283. The normalized spacial score (nSPS) is 13.5. The molecule has 1 aromatic rings. The molecule has 2 N–H and O–H groups in total. The van der Waals surface area contributed by atoms with Crippen molar-refractivity contribution in [3.05, 3.63) is 33.9 Å². The average molecular weight is 343 g/mol. The number of anilines is 1. The van der Waals surface area contributed by atoms with Crippen LogP contribution in [-0.2, 0) is 0 Å². The van der Waals surface area contributed by atoms with Crippen LogP contribution in [0.5, 0.6) is 0 Å². The van der Waals surface area contributed by atoms with Crippen LogP contribution in [0.15, 0.2) is 18.2 Å². The minimum atomic E-state index is -0.414. The van der Waals surface area contributed by atoms with Gasteiger partial charge in [0.15, 0.2) is 0 Å². The number of hydrogen-bond donors (Lipinski definition) is 2.